The van der Waals surface area contributed by atoms with E-state index in [-0.39, 0.29) is 30.2 Å². The predicted molar refractivity (Wildman–Crippen MR) is 151 cm³/mol. The Kier molecular flexibility index (Phi) is 9.20. The summed E-state index contributed by atoms with van der Waals surface area (Å²) < 4.78 is 32.0. The molecule has 13 nitrogen and oxygen atoms in total. The average Bonchev–Trinajstić information content (AvgIpc) is 3.64. The Balaban J connectivity index is 1.22. The second-order valence-electron chi connectivity index (χ2n) is 12.3. The number of rotatable bonds is 7. The van der Waals surface area contributed by atoms with E-state index in [9.17, 15) is 24.5 Å². The first-order valence-electron chi connectivity index (χ1n) is 14.6. The number of aliphatic hydroxyl groups excluding tert-OH is 3. The largest absolute Gasteiger partial charge is 0.496 e. The maximum atomic E-state index is 14.0. The van der Waals surface area contributed by atoms with Gasteiger partial charge in [-0.25, -0.2) is 13.9 Å². The van der Waals surface area contributed by atoms with E-state index in [0.717, 1.165) is 18.6 Å². The number of benzene rings is 1. The lowest BCUT2D eigenvalue weighted by Crippen LogP contribution is -2.56. The van der Waals surface area contributed by atoms with Crippen molar-refractivity contribution < 1.29 is 43.6 Å². The van der Waals surface area contributed by atoms with E-state index in [1.165, 1.54) is 36.2 Å². The number of aliphatic hydroxyl groups is 3. The fraction of sp³-hybridized carbons (Fsp3) is 0.655. The lowest BCUT2D eigenvalue weighted by atomic mass is 9.86. The minimum atomic E-state index is -1.30. The molecule has 2 fully saturated rings. The summed E-state index contributed by atoms with van der Waals surface area (Å²) in [6, 6.07) is 3.00. The van der Waals surface area contributed by atoms with Crippen molar-refractivity contribution in [2.24, 2.45) is 11.1 Å². The van der Waals surface area contributed by atoms with Crippen molar-refractivity contribution in [3.63, 3.8) is 0 Å². The number of halogens is 1. The molecule has 1 aromatic carbocycles. The molecular weight excluding hydrogens is 565 g/mol. The smallest absolute Gasteiger partial charge is 0.410 e. The fourth-order valence-electron chi connectivity index (χ4n) is 5.91. The first-order valence-corrected chi connectivity index (χ1v) is 14.6. The maximum Gasteiger partial charge on any atom is 0.410 e. The maximum absolute atomic E-state index is 14.0. The molecule has 0 aliphatic carbocycles. The van der Waals surface area contributed by atoms with Gasteiger partial charge < -0.3 is 39.3 Å². The van der Waals surface area contributed by atoms with Gasteiger partial charge in [-0.05, 0) is 51.8 Å². The highest BCUT2D eigenvalue weighted by Crippen LogP contribution is 2.36. The summed E-state index contributed by atoms with van der Waals surface area (Å²) in [5.41, 5.74) is 1.00. The molecule has 3 aliphatic rings. The van der Waals surface area contributed by atoms with Gasteiger partial charge in [0.25, 0.3) is 0 Å². The number of piperidine rings is 1. The van der Waals surface area contributed by atoms with Crippen LogP contribution in [0.4, 0.5) is 9.18 Å². The number of hydrogen-bond acceptors (Lipinski definition) is 11. The van der Waals surface area contributed by atoms with Crippen LogP contribution in [0.3, 0.4) is 0 Å². The Morgan fingerprint density at radius 2 is 1.88 bits per heavy atom. The quantitative estimate of drug-likeness (QED) is 0.427. The molecule has 6 atom stereocenters. The van der Waals surface area contributed by atoms with Crippen LogP contribution in [0.5, 0.6) is 5.75 Å². The second kappa shape index (κ2) is 12.7. The molecule has 0 saturated carbocycles. The molecule has 2 aromatic rings. The number of nitrogens with zero attached hydrogens (tertiary/aromatic N) is 5. The highest BCUT2D eigenvalue weighted by atomic mass is 19.1. The molecule has 236 valence electrons. The van der Waals surface area contributed by atoms with Gasteiger partial charge in [-0.15, -0.1) is 5.10 Å². The van der Waals surface area contributed by atoms with Crippen LogP contribution in [-0.2, 0) is 14.3 Å². The van der Waals surface area contributed by atoms with E-state index in [1.807, 2.05) is 20.8 Å². The van der Waals surface area contributed by atoms with Crippen LogP contribution in [0, 0.1) is 11.7 Å². The molecule has 3 N–H and O–H groups in total. The van der Waals surface area contributed by atoms with E-state index in [4.69, 9.17) is 19.0 Å². The van der Waals surface area contributed by atoms with E-state index in [2.05, 4.69) is 15.5 Å². The van der Waals surface area contributed by atoms with E-state index < -0.39 is 48.5 Å². The van der Waals surface area contributed by atoms with Crippen molar-refractivity contribution in [1.29, 1.82) is 0 Å². The van der Waals surface area contributed by atoms with E-state index in [0.29, 0.717) is 30.8 Å². The molecule has 43 heavy (non-hydrogen) atoms. The summed E-state index contributed by atoms with van der Waals surface area (Å²) in [6.07, 6.45) is -1.27. The lowest BCUT2D eigenvalue weighted by molar-refractivity contribution is -0.212. The van der Waals surface area contributed by atoms with Gasteiger partial charge in [0.05, 0.1) is 31.7 Å². The first kappa shape index (κ1) is 31.1. The fourth-order valence-corrected chi connectivity index (χ4v) is 5.91. The molecule has 0 bridgehead atoms. The highest BCUT2D eigenvalue weighted by molar-refractivity contribution is 5.88. The predicted octanol–water partition coefficient (Wildman–Crippen LogP) is 2.30. The molecule has 1 aromatic heterocycles. The van der Waals surface area contributed by atoms with Crippen LogP contribution >= 0.6 is 0 Å². The number of carbonyl (C=O) groups is 1. The van der Waals surface area contributed by atoms with Crippen molar-refractivity contribution >= 4 is 11.8 Å². The Hall–Kier alpha value is -3.33. The van der Waals surface area contributed by atoms with Crippen LogP contribution < -0.4 is 4.74 Å². The summed E-state index contributed by atoms with van der Waals surface area (Å²) in [7, 11) is 1.46. The van der Waals surface area contributed by atoms with Gasteiger partial charge in [-0.3, -0.25) is 0 Å². The van der Waals surface area contributed by atoms with Crippen molar-refractivity contribution in [1.82, 2.24) is 19.9 Å². The van der Waals surface area contributed by atoms with Gasteiger partial charge >= 0.3 is 6.09 Å². The van der Waals surface area contributed by atoms with Crippen LogP contribution in [-0.4, -0.2) is 110 Å². The van der Waals surface area contributed by atoms with Crippen molar-refractivity contribution in [2.45, 2.75) is 88.6 Å². The Morgan fingerprint density at radius 3 is 2.56 bits per heavy atom. The number of methoxy groups -OCH3 is 1. The van der Waals surface area contributed by atoms with Crippen molar-refractivity contribution in [3.05, 3.63) is 30.2 Å². The lowest BCUT2D eigenvalue weighted by Gasteiger charge is -2.42. The van der Waals surface area contributed by atoms with Gasteiger partial charge in [-0.2, -0.15) is 0 Å². The summed E-state index contributed by atoms with van der Waals surface area (Å²) >= 11 is 0. The normalized spacial score (nSPS) is 28.4. The van der Waals surface area contributed by atoms with Crippen LogP contribution in [0.2, 0.25) is 0 Å². The van der Waals surface area contributed by atoms with Gasteiger partial charge in [0, 0.05) is 37.4 Å². The molecule has 0 radical (unpaired) electrons. The molecule has 2 saturated heterocycles. The van der Waals surface area contributed by atoms with Gasteiger partial charge in [0.15, 0.2) is 0 Å². The van der Waals surface area contributed by atoms with Crippen LogP contribution in [0.1, 0.15) is 52.5 Å². The number of aromatic nitrogens is 3. The minimum Gasteiger partial charge on any atom is -0.496 e. The third kappa shape index (κ3) is 6.92. The van der Waals surface area contributed by atoms with Gasteiger partial charge in [0.2, 0.25) is 0 Å². The summed E-state index contributed by atoms with van der Waals surface area (Å²) in [5.74, 6) is 0.0648. The molecule has 4 heterocycles. The molecule has 1 amide bonds. The minimum absolute atomic E-state index is 0.161. The monoisotopic (exact) mass is 605 g/mol. The number of carbonyl (C=O) groups excluding carboxylic acids is 1. The van der Waals surface area contributed by atoms with Crippen molar-refractivity contribution in [3.8, 4) is 17.0 Å². The standard InChI is InChI=1S/C29H40FN5O8/c1-29(2,3)42-28(39)34-9-7-16(8-10-34)20-12-18(43-32-20)13-23-26(37)25(27(38)24(15-36)41-23)35-14-21(31-33-35)19-11-17(30)5-6-22(19)40-4/h5-6,11,14,16,18,23-27,36-38H,7-10,12-13,15H2,1-4H3/t18?,23-,24-,25-,26+,27+/m1/s1. The zero-order valence-corrected chi connectivity index (χ0v) is 24.8. The molecule has 0 spiro atoms. The zero-order valence-electron chi connectivity index (χ0n) is 24.8. The van der Waals surface area contributed by atoms with Crippen LogP contribution in [0.25, 0.3) is 11.3 Å². The first-order chi connectivity index (χ1) is 20.5. The van der Waals surface area contributed by atoms with Crippen LogP contribution in [0.15, 0.2) is 29.6 Å². The molecule has 3 aliphatic heterocycles. The van der Waals surface area contributed by atoms with Gasteiger partial charge in [-0.1, -0.05) is 10.4 Å². The molecule has 14 heteroatoms. The summed E-state index contributed by atoms with van der Waals surface area (Å²) in [4.78, 5) is 19.8. The summed E-state index contributed by atoms with van der Waals surface area (Å²) in [6.45, 7) is 6.17. The Morgan fingerprint density at radius 1 is 1.16 bits per heavy atom. The SMILES string of the molecule is COc1ccc(F)cc1-c1cn([C@H]2[C@@H](O)[C@@H](CO)O[C@H](CC3CC(C4CCN(C(=O)OC(C)(C)C)CC4)=NO3)[C@@H]2O)nn1. The zero-order chi connectivity index (χ0) is 30.9. The van der Waals surface area contributed by atoms with E-state index >= 15 is 0 Å². The Bertz CT molecular complexity index is 1310. The molecular formula is C29H40FN5O8. The molecule has 1 unspecified atom stereocenters. The third-order valence-electron chi connectivity index (χ3n) is 8.11. The topological polar surface area (TPSA) is 161 Å². The molecule has 5 rings (SSSR count). The number of ether oxygens (including phenoxy) is 3. The highest BCUT2D eigenvalue weighted by Gasteiger charge is 2.47. The summed E-state index contributed by atoms with van der Waals surface area (Å²) in [5, 5.41) is 44.8. The number of hydrogen-bond donors (Lipinski definition) is 3. The second-order valence-corrected chi connectivity index (χ2v) is 12.3. The number of likely N-dealkylation sites (tertiary alicyclic amines) is 1. The van der Waals surface area contributed by atoms with Gasteiger partial charge in [0.1, 0.15) is 53.3 Å². The van der Waals surface area contributed by atoms with Crippen molar-refractivity contribution in [2.75, 3.05) is 26.8 Å². The van der Waals surface area contributed by atoms with E-state index in [1.54, 1.807) is 4.90 Å². The number of oxime groups is 1. The number of amides is 1. The average molecular weight is 606 g/mol. The third-order valence-corrected chi connectivity index (χ3v) is 8.11. The Labute approximate surface area is 249 Å².